The van der Waals surface area contributed by atoms with Crippen LogP contribution in [0.25, 0.3) is 0 Å². The molecule has 20 heavy (non-hydrogen) atoms. The van der Waals surface area contributed by atoms with Crippen LogP contribution < -0.4 is 0 Å². The first kappa shape index (κ1) is 13.2. The summed E-state index contributed by atoms with van der Waals surface area (Å²) in [6.45, 7) is 5.16. The minimum atomic E-state index is 0.535. The Hall–Kier alpha value is -0.520. The van der Waals surface area contributed by atoms with Crippen LogP contribution in [0.5, 0.6) is 0 Å². The molecule has 110 valence electrons. The van der Waals surface area contributed by atoms with E-state index in [-0.39, 0.29) is 0 Å². The Kier molecular flexibility index (Phi) is 2.95. The van der Waals surface area contributed by atoms with Crippen molar-refractivity contribution in [3.05, 3.63) is 23.8 Å². The molecule has 0 bridgehead atoms. The molecule has 0 aromatic rings. The molecule has 0 heterocycles. The predicted molar refractivity (Wildman–Crippen MR) is 85.5 cm³/mol. The van der Waals surface area contributed by atoms with Gasteiger partial charge in [-0.3, -0.25) is 0 Å². The highest BCUT2D eigenvalue weighted by Gasteiger charge is 2.53. The second-order valence-electron chi connectivity index (χ2n) is 8.50. The highest BCUT2D eigenvalue weighted by atomic mass is 14.6. The maximum atomic E-state index is 2.69. The molecule has 0 heteroatoms. The topological polar surface area (TPSA) is 0 Å². The highest BCUT2D eigenvalue weighted by molar-refractivity contribution is 5.25. The van der Waals surface area contributed by atoms with Gasteiger partial charge in [-0.2, -0.15) is 0 Å². The SMILES string of the molecule is CC12C=CCC1C1CC=C3CCCCCC3(C)C1CC2. The third-order valence-electron chi connectivity index (χ3n) is 7.59. The van der Waals surface area contributed by atoms with E-state index in [0.29, 0.717) is 10.8 Å². The number of rotatable bonds is 0. The van der Waals surface area contributed by atoms with Gasteiger partial charge in [0.2, 0.25) is 0 Å². The standard InChI is InChI=1S/C20H30/c1-19-12-6-8-17(19)16-10-9-15-7-4-3-5-13-20(15,2)18(16)11-14-19/h6,9,12,16-18H,3-5,7-8,10-11,13-14H2,1-2H3. The Morgan fingerprint density at radius 1 is 1.00 bits per heavy atom. The maximum absolute atomic E-state index is 2.69. The fourth-order valence-electron chi connectivity index (χ4n) is 6.36. The number of allylic oxidation sites excluding steroid dienone is 4. The van der Waals surface area contributed by atoms with E-state index in [1.54, 1.807) is 0 Å². The molecule has 0 aromatic heterocycles. The number of fused-ring (bicyclic) bond motifs is 5. The van der Waals surface area contributed by atoms with Gasteiger partial charge in [0.1, 0.15) is 0 Å². The smallest absolute Gasteiger partial charge is 0.00853 e. The largest absolute Gasteiger partial charge is 0.0877 e. The summed E-state index contributed by atoms with van der Waals surface area (Å²) in [6, 6.07) is 0. The highest BCUT2D eigenvalue weighted by Crippen LogP contribution is 2.62. The summed E-state index contributed by atoms with van der Waals surface area (Å²) in [7, 11) is 0. The van der Waals surface area contributed by atoms with Gasteiger partial charge in [0.05, 0.1) is 0 Å². The lowest BCUT2D eigenvalue weighted by Crippen LogP contribution is -2.47. The monoisotopic (exact) mass is 270 g/mol. The molecule has 5 unspecified atom stereocenters. The fraction of sp³-hybridized carbons (Fsp3) is 0.800. The average Bonchev–Trinajstić information content (AvgIpc) is 2.71. The van der Waals surface area contributed by atoms with Crippen LogP contribution in [-0.4, -0.2) is 0 Å². The fourth-order valence-corrected chi connectivity index (χ4v) is 6.36. The van der Waals surface area contributed by atoms with Gasteiger partial charge in [0.15, 0.2) is 0 Å². The normalized spacial score (nSPS) is 50.7. The third-order valence-corrected chi connectivity index (χ3v) is 7.59. The van der Waals surface area contributed by atoms with Gasteiger partial charge in [-0.15, -0.1) is 0 Å². The Morgan fingerprint density at radius 2 is 1.90 bits per heavy atom. The molecule has 0 N–H and O–H groups in total. The van der Waals surface area contributed by atoms with Gasteiger partial charge in [0, 0.05) is 0 Å². The number of hydrogen-bond acceptors (Lipinski definition) is 0. The molecule has 0 aliphatic heterocycles. The molecular weight excluding hydrogens is 240 g/mol. The Balaban J connectivity index is 1.70. The molecule has 2 saturated carbocycles. The van der Waals surface area contributed by atoms with Crippen molar-refractivity contribution in [2.24, 2.45) is 28.6 Å². The van der Waals surface area contributed by atoms with Crippen molar-refractivity contribution in [1.29, 1.82) is 0 Å². The van der Waals surface area contributed by atoms with Crippen LogP contribution in [0.1, 0.15) is 71.6 Å². The van der Waals surface area contributed by atoms with E-state index in [1.807, 2.05) is 5.57 Å². The minimum absolute atomic E-state index is 0.535. The molecule has 0 nitrogen and oxygen atoms in total. The van der Waals surface area contributed by atoms with Gasteiger partial charge in [-0.05, 0) is 73.5 Å². The minimum Gasteiger partial charge on any atom is -0.0877 e. The Labute approximate surface area is 124 Å². The second-order valence-corrected chi connectivity index (χ2v) is 8.50. The summed E-state index contributed by atoms with van der Waals surface area (Å²) in [5, 5.41) is 0. The van der Waals surface area contributed by atoms with E-state index in [4.69, 9.17) is 0 Å². The zero-order chi connectivity index (χ0) is 13.8. The van der Waals surface area contributed by atoms with Crippen molar-refractivity contribution in [1.82, 2.24) is 0 Å². The Bertz CT molecular complexity index is 457. The quantitative estimate of drug-likeness (QED) is 0.481. The van der Waals surface area contributed by atoms with Gasteiger partial charge in [0.25, 0.3) is 0 Å². The van der Waals surface area contributed by atoms with Gasteiger partial charge >= 0.3 is 0 Å². The van der Waals surface area contributed by atoms with Gasteiger partial charge < -0.3 is 0 Å². The van der Waals surface area contributed by atoms with E-state index < -0.39 is 0 Å². The summed E-state index contributed by atoms with van der Waals surface area (Å²) in [5.41, 5.74) is 2.95. The van der Waals surface area contributed by atoms with Crippen molar-refractivity contribution in [2.45, 2.75) is 71.6 Å². The molecule has 0 spiro atoms. The van der Waals surface area contributed by atoms with E-state index in [1.165, 1.54) is 57.8 Å². The summed E-state index contributed by atoms with van der Waals surface area (Å²) in [4.78, 5) is 0. The van der Waals surface area contributed by atoms with Crippen molar-refractivity contribution in [3.8, 4) is 0 Å². The lowest BCUT2D eigenvalue weighted by atomic mass is 9.49. The lowest BCUT2D eigenvalue weighted by Gasteiger charge is -2.55. The van der Waals surface area contributed by atoms with Crippen LogP contribution in [0.2, 0.25) is 0 Å². The number of hydrogen-bond donors (Lipinski definition) is 0. The maximum Gasteiger partial charge on any atom is -0.00853 e. The van der Waals surface area contributed by atoms with Gasteiger partial charge in [-0.1, -0.05) is 50.5 Å². The first-order valence-electron chi connectivity index (χ1n) is 9.01. The summed E-state index contributed by atoms with van der Waals surface area (Å²) in [6.07, 6.45) is 20.7. The van der Waals surface area contributed by atoms with E-state index in [9.17, 15) is 0 Å². The molecule has 2 fully saturated rings. The molecule has 0 amide bonds. The second kappa shape index (κ2) is 4.49. The van der Waals surface area contributed by atoms with E-state index >= 15 is 0 Å². The van der Waals surface area contributed by atoms with Crippen LogP contribution >= 0.6 is 0 Å². The average molecular weight is 270 g/mol. The Morgan fingerprint density at radius 3 is 2.80 bits per heavy atom. The molecule has 4 aliphatic carbocycles. The van der Waals surface area contributed by atoms with Crippen LogP contribution in [0, 0.1) is 28.6 Å². The van der Waals surface area contributed by atoms with Crippen LogP contribution in [0.15, 0.2) is 23.8 Å². The molecule has 0 radical (unpaired) electrons. The van der Waals surface area contributed by atoms with Crippen LogP contribution in [0.3, 0.4) is 0 Å². The van der Waals surface area contributed by atoms with Crippen LogP contribution in [0.4, 0.5) is 0 Å². The lowest BCUT2D eigenvalue weighted by molar-refractivity contribution is -0.00646. The first-order chi connectivity index (χ1) is 9.63. The van der Waals surface area contributed by atoms with Crippen molar-refractivity contribution in [2.75, 3.05) is 0 Å². The predicted octanol–water partition coefficient (Wildman–Crippen LogP) is 5.90. The zero-order valence-electron chi connectivity index (χ0n) is 13.3. The molecule has 5 atom stereocenters. The van der Waals surface area contributed by atoms with Crippen molar-refractivity contribution < 1.29 is 0 Å². The summed E-state index contributed by atoms with van der Waals surface area (Å²) >= 11 is 0. The molecule has 0 saturated heterocycles. The summed E-state index contributed by atoms with van der Waals surface area (Å²) < 4.78 is 0. The third kappa shape index (κ3) is 1.72. The van der Waals surface area contributed by atoms with Gasteiger partial charge in [-0.25, -0.2) is 0 Å². The summed E-state index contributed by atoms with van der Waals surface area (Å²) in [5.74, 6) is 2.90. The van der Waals surface area contributed by atoms with Crippen molar-refractivity contribution in [3.63, 3.8) is 0 Å². The first-order valence-corrected chi connectivity index (χ1v) is 9.01. The zero-order valence-corrected chi connectivity index (χ0v) is 13.3. The molecular formula is C20H30. The van der Waals surface area contributed by atoms with E-state index in [0.717, 1.165) is 17.8 Å². The molecule has 4 rings (SSSR count). The van der Waals surface area contributed by atoms with Crippen LogP contribution in [-0.2, 0) is 0 Å². The van der Waals surface area contributed by atoms with E-state index in [2.05, 4.69) is 32.1 Å². The van der Waals surface area contributed by atoms with Crippen molar-refractivity contribution >= 4 is 0 Å². The molecule has 0 aromatic carbocycles. The molecule has 4 aliphatic rings.